The van der Waals surface area contributed by atoms with E-state index in [0.29, 0.717) is 6.42 Å². The number of H-pyrrole nitrogens is 1. The van der Waals surface area contributed by atoms with Crippen molar-refractivity contribution in [3.63, 3.8) is 0 Å². The number of benzene rings is 2. The smallest absolute Gasteiger partial charge is 0.247 e. The van der Waals surface area contributed by atoms with Gasteiger partial charge in [0, 0.05) is 40.4 Å². The lowest BCUT2D eigenvalue weighted by Gasteiger charge is -2.13. The van der Waals surface area contributed by atoms with Gasteiger partial charge in [-0.1, -0.05) is 52.3 Å². The summed E-state index contributed by atoms with van der Waals surface area (Å²) in [5.41, 5.74) is 4.25. The minimum absolute atomic E-state index is 0.0921. The molecule has 0 radical (unpaired) electrons. The molecule has 0 spiro atoms. The Bertz CT molecular complexity index is 1160. The second-order valence-electron chi connectivity index (χ2n) is 6.50. The van der Waals surface area contributed by atoms with E-state index in [2.05, 4.69) is 62.4 Å². The first-order valence-electron chi connectivity index (χ1n) is 8.67. The molecule has 0 aliphatic rings. The van der Waals surface area contributed by atoms with Crippen molar-refractivity contribution in [2.45, 2.75) is 13.3 Å². The third-order valence-electron chi connectivity index (χ3n) is 4.56. The van der Waals surface area contributed by atoms with Crippen LogP contribution in [-0.4, -0.2) is 9.97 Å². The molecule has 0 unspecified atom stereocenters. The van der Waals surface area contributed by atoms with Gasteiger partial charge in [-0.25, -0.2) is 4.98 Å². The molecular weight excluding hydrogens is 402 g/mol. The fourth-order valence-corrected chi connectivity index (χ4v) is 3.45. The lowest BCUT2D eigenvalue weighted by atomic mass is 10.0. The molecule has 2 heterocycles. The van der Waals surface area contributed by atoms with Crippen molar-refractivity contribution >= 4 is 38.2 Å². The van der Waals surface area contributed by atoms with Gasteiger partial charge in [0.1, 0.15) is 5.82 Å². The molecule has 2 aromatic carbocycles. The van der Waals surface area contributed by atoms with E-state index in [1.54, 1.807) is 12.3 Å². The number of nitrogens with one attached hydrogen (secondary N) is 2. The number of pyridine rings is 2. The van der Waals surface area contributed by atoms with E-state index in [1.807, 2.05) is 30.5 Å². The highest BCUT2D eigenvalue weighted by Crippen LogP contribution is 2.29. The number of hydrogen-bond donors (Lipinski definition) is 2. The van der Waals surface area contributed by atoms with Crippen LogP contribution in [0.1, 0.15) is 16.7 Å². The maximum atomic E-state index is 11.3. The van der Waals surface area contributed by atoms with E-state index in [4.69, 9.17) is 0 Å². The first-order valence-corrected chi connectivity index (χ1v) is 9.47. The molecular formula is C22H18BrN3O. The van der Waals surface area contributed by atoms with Crippen LogP contribution in [-0.2, 0) is 6.42 Å². The largest absolute Gasteiger partial charge is 0.340 e. The van der Waals surface area contributed by atoms with Crippen molar-refractivity contribution in [2.75, 3.05) is 5.32 Å². The third kappa shape index (κ3) is 3.78. The van der Waals surface area contributed by atoms with Gasteiger partial charge in [0.2, 0.25) is 5.56 Å². The molecule has 4 nitrogen and oxygen atoms in total. The van der Waals surface area contributed by atoms with Gasteiger partial charge in [-0.2, -0.15) is 0 Å². The molecule has 0 aliphatic heterocycles. The summed E-state index contributed by atoms with van der Waals surface area (Å²) < 4.78 is 1.06. The highest BCUT2D eigenvalue weighted by molar-refractivity contribution is 9.10. The Morgan fingerprint density at radius 3 is 2.63 bits per heavy atom. The zero-order valence-corrected chi connectivity index (χ0v) is 16.4. The van der Waals surface area contributed by atoms with Gasteiger partial charge in [-0.15, -0.1) is 0 Å². The summed E-state index contributed by atoms with van der Waals surface area (Å²) in [5.74, 6) is 0.826. The zero-order valence-electron chi connectivity index (χ0n) is 14.8. The van der Waals surface area contributed by atoms with Gasteiger partial charge in [0.05, 0.1) is 0 Å². The number of fused-ring (bicyclic) bond motifs is 1. The normalized spacial score (nSPS) is 10.9. The summed E-state index contributed by atoms with van der Waals surface area (Å²) >= 11 is 3.58. The first-order chi connectivity index (χ1) is 13.1. The number of aromatic nitrogens is 2. The summed E-state index contributed by atoms with van der Waals surface area (Å²) in [6, 6.07) is 17.8. The van der Waals surface area contributed by atoms with Crippen LogP contribution in [0.3, 0.4) is 0 Å². The highest BCUT2D eigenvalue weighted by atomic mass is 79.9. The van der Waals surface area contributed by atoms with Gasteiger partial charge in [0.15, 0.2) is 0 Å². The molecule has 0 saturated carbocycles. The predicted octanol–water partition coefficient (Wildman–Crippen LogP) is 5.33. The van der Waals surface area contributed by atoms with E-state index >= 15 is 0 Å². The summed E-state index contributed by atoms with van der Waals surface area (Å²) in [7, 11) is 0. The Morgan fingerprint density at radius 1 is 1.07 bits per heavy atom. The predicted molar refractivity (Wildman–Crippen MR) is 114 cm³/mol. The Morgan fingerprint density at radius 2 is 1.89 bits per heavy atom. The standard InChI is InChI=1S/C22H18BrN3O/c1-14-6-8-17(11-20(14)23)26-22-19-5-3-2-4-18(19)16(13-25-22)10-15-7-9-21(27)24-12-15/h2-9,11-13H,10H2,1H3,(H,24,27)(H,25,26). The van der Waals surface area contributed by atoms with Crippen LogP contribution < -0.4 is 10.9 Å². The van der Waals surface area contributed by atoms with Crippen molar-refractivity contribution in [2.24, 2.45) is 0 Å². The quantitative estimate of drug-likeness (QED) is 0.469. The monoisotopic (exact) mass is 419 g/mol. The topological polar surface area (TPSA) is 57.8 Å². The maximum Gasteiger partial charge on any atom is 0.247 e. The second-order valence-corrected chi connectivity index (χ2v) is 7.36. The van der Waals surface area contributed by atoms with E-state index in [9.17, 15) is 4.79 Å². The van der Waals surface area contributed by atoms with Gasteiger partial charge in [0.25, 0.3) is 0 Å². The van der Waals surface area contributed by atoms with Crippen molar-refractivity contribution in [3.8, 4) is 0 Å². The average Bonchev–Trinajstić information content (AvgIpc) is 2.68. The van der Waals surface area contributed by atoms with E-state index in [1.165, 1.54) is 5.56 Å². The number of aromatic amines is 1. The fraction of sp³-hybridized carbons (Fsp3) is 0.0909. The molecule has 4 aromatic rings. The van der Waals surface area contributed by atoms with Crippen LogP contribution >= 0.6 is 15.9 Å². The Labute approximate surface area is 165 Å². The minimum atomic E-state index is -0.0921. The molecule has 134 valence electrons. The van der Waals surface area contributed by atoms with Crippen LogP contribution in [0.15, 0.2) is 76.3 Å². The second kappa shape index (κ2) is 7.37. The Hall–Kier alpha value is -2.92. The molecule has 0 aliphatic carbocycles. The van der Waals surface area contributed by atoms with Crippen molar-refractivity contribution in [3.05, 3.63) is 98.5 Å². The molecule has 27 heavy (non-hydrogen) atoms. The van der Waals surface area contributed by atoms with Gasteiger partial charge in [-0.3, -0.25) is 4.79 Å². The number of hydrogen-bond acceptors (Lipinski definition) is 3. The van der Waals surface area contributed by atoms with Crippen LogP contribution in [0.5, 0.6) is 0 Å². The molecule has 4 rings (SSSR count). The maximum absolute atomic E-state index is 11.3. The fourth-order valence-electron chi connectivity index (χ4n) is 3.07. The number of rotatable bonds is 4. The molecule has 0 bridgehead atoms. The van der Waals surface area contributed by atoms with Crippen molar-refractivity contribution in [1.82, 2.24) is 9.97 Å². The lowest BCUT2D eigenvalue weighted by molar-refractivity contribution is 1.11. The van der Waals surface area contributed by atoms with E-state index in [0.717, 1.165) is 37.9 Å². The van der Waals surface area contributed by atoms with Crippen LogP contribution in [0.2, 0.25) is 0 Å². The first kappa shape index (κ1) is 17.5. The van der Waals surface area contributed by atoms with E-state index < -0.39 is 0 Å². The Balaban J connectivity index is 1.72. The molecule has 2 N–H and O–H groups in total. The van der Waals surface area contributed by atoms with Crippen molar-refractivity contribution in [1.29, 1.82) is 0 Å². The van der Waals surface area contributed by atoms with Crippen molar-refractivity contribution < 1.29 is 0 Å². The lowest BCUT2D eigenvalue weighted by Crippen LogP contribution is -2.04. The van der Waals surface area contributed by atoms with Crippen LogP contribution in [0.25, 0.3) is 10.8 Å². The number of nitrogens with zero attached hydrogens (tertiary/aromatic N) is 1. The average molecular weight is 420 g/mol. The molecule has 0 fully saturated rings. The summed E-state index contributed by atoms with van der Waals surface area (Å²) in [6.07, 6.45) is 4.37. The number of aryl methyl sites for hydroxylation is 1. The third-order valence-corrected chi connectivity index (χ3v) is 5.41. The highest BCUT2D eigenvalue weighted by Gasteiger charge is 2.09. The number of anilines is 2. The number of halogens is 1. The molecule has 0 amide bonds. The molecule has 5 heteroatoms. The molecule has 2 aromatic heterocycles. The molecule has 0 atom stereocenters. The van der Waals surface area contributed by atoms with Crippen LogP contribution in [0, 0.1) is 6.92 Å². The summed E-state index contributed by atoms with van der Waals surface area (Å²) in [6.45, 7) is 2.06. The van der Waals surface area contributed by atoms with Gasteiger partial charge in [-0.05, 0) is 41.1 Å². The van der Waals surface area contributed by atoms with Crippen LogP contribution in [0.4, 0.5) is 11.5 Å². The summed E-state index contributed by atoms with van der Waals surface area (Å²) in [5, 5.41) is 5.64. The van der Waals surface area contributed by atoms with E-state index in [-0.39, 0.29) is 5.56 Å². The summed E-state index contributed by atoms with van der Waals surface area (Å²) in [4.78, 5) is 18.7. The molecule has 0 saturated heterocycles. The Kier molecular flexibility index (Phi) is 4.77. The SMILES string of the molecule is Cc1ccc(Nc2ncc(Cc3ccc(=O)[nH]c3)c3ccccc23)cc1Br. The van der Waals surface area contributed by atoms with Gasteiger partial charge >= 0.3 is 0 Å². The zero-order chi connectivity index (χ0) is 18.8. The van der Waals surface area contributed by atoms with Gasteiger partial charge < -0.3 is 10.3 Å². The minimum Gasteiger partial charge on any atom is -0.340 e.